The van der Waals surface area contributed by atoms with Crippen LogP contribution in [0.2, 0.25) is 0 Å². The molecule has 0 aliphatic rings. The molecule has 1 aromatic rings. The molecule has 148 valence electrons. The van der Waals surface area contributed by atoms with Crippen LogP contribution in [-0.4, -0.2) is 25.1 Å². The monoisotopic (exact) mass is 468 g/mol. The van der Waals surface area contributed by atoms with Gasteiger partial charge >= 0.3 is 0 Å². The first-order chi connectivity index (χ1) is 12.3. The number of aromatic nitrogens is 2. The molecule has 2 unspecified atom stereocenters. The Morgan fingerprint density at radius 1 is 1.04 bits per heavy atom. The van der Waals surface area contributed by atoms with Gasteiger partial charge in [-0.3, -0.25) is 0 Å². The Kier molecular flexibility index (Phi) is 12.2. The molecule has 0 spiro atoms. The minimum atomic E-state index is 0.530. The minimum absolute atomic E-state index is 0.530. The van der Waals surface area contributed by atoms with E-state index >= 15 is 0 Å². The van der Waals surface area contributed by atoms with Gasteiger partial charge in [-0.2, -0.15) is 5.10 Å². The number of nitrogens with two attached hydrogens (primary N) is 1. The first-order valence-electron chi connectivity index (χ1n) is 8.40. The van der Waals surface area contributed by atoms with Crippen LogP contribution in [0, 0.1) is 11.8 Å². The minimum Gasteiger partial charge on any atom is -0.322 e. The van der Waals surface area contributed by atoms with E-state index in [1.54, 1.807) is 56.4 Å². The fourth-order valence-corrected chi connectivity index (χ4v) is 8.38. The van der Waals surface area contributed by atoms with E-state index in [4.69, 9.17) is 5.84 Å². The molecule has 0 bridgehead atoms. The van der Waals surface area contributed by atoms with Crippen molar-refractivity contribution in [3.05, 3.63) is 10.3 Å². The summed E-state index contributed by atoms with van der Waals surface area (Å²) in [7, 11) is 3.11. The van der Waals surface area contributed by atoms with Crippen LogP contribution in [0.4, 0.5) is 0 Å². The van der Waals surface area contributed by atoms with E-state index in [0.29, 0.717) is 22.3 Å². The Morgan fingerprint density at radius 3 is 2.19 bits per heavy atom. The molecule has 0 radical (unpaired) electrons. The quantitative estimate of drug-likeness (QED) is 0.104. The summed E-state index contributed by atoms with van der Waals surface area (Å²) in [5.74, 6) is 6.84. The Morgan fingerprint density at radius 2 is 1.65 bits per heavy atom. The van der Waals surface area contributed by atoms with E-state index in [9.17, 15) is 0 Å². The second kappa shape index (κ2) is 12.9. The van der Waals surface area contributed by atoms with Crippen LogP contribution in [0.1, 0.15) is 48.5 Å². The third-order valence-electron chi connectivity index (χ3n) is 3.57. The summed E-state index contributed by atoms with van der Waals surface area (Å²) in [6.45, 7) is 15.5. The third-order valence-corrected chi connectivity index (χ3v) is 11.8. The van der Waals surface area contributed by atoms with Crippen molar-refractivity contribution in [2.45, 2.75) is 67.6 Å². The van der Waals surface area contributed by atoms with Crippen LogP contribution in [0.5, 0.6) is 0 Å². The number of thioether (sulfide) groups is 3. The molecule has 1 heterocycles. The molecule has 0 saturated carbocycles. The van der Waals surface area contributed by atoms with Crippen molar-refractivity contribution >= 4 is 72.6 Å². The van der Waals surface area contributed by atoms with E-state index in [-0.39, 0.29) is 0 Å². The first kappa shape index (κ1) is 24.6. The lowest BCUT2D eigenvalue weighted by Gasteiger charge is -2.16. The second-order valence-corrected chi connectivity index (χ2v) is 14.2. The number of nitrogens with zero attached hydrogens (tertiary/aromatic N) is 3. The summed E-state index contributed by atoms with van der Waals surface area (Å²) in [6.07, 6.45) is 2.12. The molecule has 0 fully saturated rings. The molecule has 0 aliphatic carbocycles. The zero-order chi connectivity index (χ0) is 19.7. The zero-order valence-electron chi connectivity index (χ0n) is 16.3. The SMILES string of the molecule is C/C=C(\S/C(=N\N)SSc1nnc(SC(C)C(C)C)s1)SC(C)C(C)C. The lowest BCUT2D eigenvalue weighted by atomic mass is 10.2. The molecule has 2 N–H and O–H groups in total. The molecule has 0 aliphatic heterocycles. The van der Waals surface area contributed by atoms with Crippen LogP contribution in [0.3, 0.4) is 0 Å². The molecule has 10 heteroatoms. The van der Waals surface area contributed by atoms with E-state index < -0.39 is 0 Å². The van der Waals surface area contributed by atoms with Gasteiger partial charge in [0, 0.05) is 14.7 Å². The molecule has 0 saturated heterocycles. The highest BCUT2D eigenvalue weighted by molar-refractivity contribution is 8.86. The first-order valence-corrected chi connectivity index (χ1v) is 13.9. The zero-order valence-corrected chi connectivity index (χ0v) is 21.2. The van der Waals surface area contributed by atoms with Crippen molar-refractivity contribution in [3.8, 4) is 0 Å². The van der Waals surface area contributed by atoms with E-state index in [1.165, 1.54) is 4.24 Å². The molecule has 4 nitrogen and oxygen atoms in total. The van der Waals surface area contributed by atoms with Gasteiger partial charge in [0.1, 0.15) is 0 Å². The van der Waals surface area contributed by atoms with Crippen molar-refractivity contribution in [2.75, 3.05) is 0 Å². The number of allylic oxidation sites excluding steroid dienone is 1. The van der Waals surface area contributed by atoms with Gasteiger partial charge in [0.25, 0.3) is 0 Å². The van der Waals surface area contributed by atoms with Gasteiger partial charge in [-0.05, 0) is 40.3 Å². The molecular weight excluding hydrogens is 441 g/mol. The predicted molar refractivity (Wildman–Crippen MR) is 128 cm³/mol. The average Bonchev–Trinajstić information content (AvgIpc) is 3.04. The van der Waals surface area contributed by atoms with Crippen molar-refractivity contribution in [2.24, 2.45) is 22.8 Å². The van der Waals surface area contributed by atoms with Crippen LogP contribution >= 0.6 is 68.2 Å². The van der Waals surface area contributed by atoms with E-state index in [1.807, 2.05) is 11.8 Å². The maximum atomic E-state index is 5.59. The lowest BCUT2D eigenvalue weighted by molar-refractivity contribution is 0.642. The van der Waals surface area contributed by atoms with Crippen molar-refractivity contribution < 1.29 is 0 Å². The van der Waals surface area contributed by atoms with E-state index in [0.717, 1.165) is 13.1 Å². The largest absolute Gasteiger partial charge is 0.322 e. The second-order valence-electron chi connectivity index (χ2n) is 6.24. The summed E-state index contributed by atoms with van der Waals surface area (Å²) in [4.78, 5) is 0. The Bertz CT molecular complexity index is 599. The van der Waals surface area contributed by atoms with Crippen LogP contribution < -0.4 is 5.84 Å². The fourth-order valence-electron chi connectivity index (χ4n) is 1.27. The van der Waals surface area contributed by atoms with Gasteiger partial charge in [-0.1, -0.05) is 82.5 Å². The van der Waals surface area contributed by atoms with Crippen molar-refractivity contribution in [1.82, 2.24) is 10.2 Å². The number of hydrazone groups is 1. The van der Waals surface area contributed by atoms with E-state index in [2.05, 4.69) is 69.8 Å². The summed E-state index contributed by atoms with van der Waals surface area (Å²) >= 11 is 6.90. The average molecular weight is 469 g/mol. The van der Waals surface area contributed by atoms with Crippen LogP contribution in [-0.2, 0) is 0 Å². The third kappa shape index (κ3) is 9.14. The molecule has 0 amide bonds. The van der Waals surface area contributed by atoms with Crippen LogP contribution in [0.15, 0.2) is 24.1 Å². The molecule has 26 heavy (non-hydrogen) atoms. The smallest absolute Gasteiger partial charge is 0.186 e. The number of hydrogen-bond acceptors (Lipinski definition) is 10. The standard InChI is InChI=1S/C16H28N4S6/c1-8-13(21-11(6)9(2)3)23-14(18-17)25-26-16-20-19-15(24-16)22-12(7)10(4)5/h8-12H,17H2,1-7H3/b13-8-,18-14+. The normalized spacial score (nSPS) is 15.7. The molecule has 2 atom stereocenters. The molecule has 0 aromatic carbocycles. The van der Waals surface area contributed by atoms with Crippen molar-refractivity contribution in [3.63, 3.8) is 0 Å². The highest BCUT2D eigenvalue weighted by Crippen LogP contribution is 2.43. The van der Waals surface area contributed by atoms with Gasteiger partial charge in [0.15, 0.2) is 13.1 Å². The topological polar surface area (TPSA) is 64.2 Å². The number of hydrogen-bond donors (Lipinski definition) is 1. The highest BCUT2D eigenvalue weighted by atomic mass is 33.1. The van der Waals surface area contributed by atoms with Gasteiger partial charge in [-0.15, -0.1) is 22.0 Å². The highest BCUT2D eigenvalue weighted by Gasteiger charge is 2.16. The van der Waals surface area contributed by atoms with Gasteiger partial charge < -0.3 is 5.84 Å². The molecular formula is C16H28N4S6. The summed E-state index contributed by atoms with van der Waals surface area (Å²) in [6, 6.07) is 0. The fraction of sp³-hybridized carbons (Fsp3) is 0.688. The maximum Gasteiger partial charge on any atom is 0.186 e. The van der Waals surface area contributed by atoms with Gasteiger partial charge in [0.2, 0.25) is 0 Å². The van der Waals surface area contributed by atoms with Gasteiger partial charge in [-0.25, -0.2) is 0 Å². The summed E-state index contributed by atoms with van der Waals surface area (Å²) < 4.78 is 4.00. The summed E-state index contributed by atoms with van der Waals surface area (Å²) in [5.41, 5.74) is 0. The van der Waals surface area contributed by atoms with Crippen LogP contribution in [0.25, 0.3) is 0 Å². The molecule has 1 rings (SSSR count). The lowest BCUT2D eigenvalue weighted by Crippen LogP contribution is -2.05. The summed E-state index contributed by atoms with van der Waals surface area (Å²) in [5, 5.41) is 13.6. The van der Waals surface area contributed by atoms with Gasteiger partial charge in [0.05, 0.1) is 0 Å². The Balaban J connectivity index is 2.55. The number of rotatable bonds is 9. The Hall–Kier alpha value is 0.520. The molecule has 1 aromatic heterocycles. The Labute approximate surface area is 182 Å². The maximum absolute atomic E-state index is 5.59. The predicted octanol–water partition coefficient (Wildman–Crippen LogP) is 7.02. The van der Waals surface area contributed by atoms with Crippen molar-refractivity contribution in [1.29, 1.82) is 0 Å².